The van der Waals surface area contributed by atoms with Crippen LogP contribution in [-0.2, 0) is 6.54 Å². The molecule has 2 N–H and O–H groups in total. The highest BCUT2D eigenvalue weighted by Crippen LogP contribution is 2.29. The third kappa shape index (κ3) is 4.47. The molecule has 0 saturated heterocycles. The zero-order valence-corrected chi connectivity index (χ0v) is 17.6. The number of amides is 1. The number of nitrogens with zero attached hydrogens (tertiary/aromatic N) is 4. The van der Waals surface area contributed by atoms with Crippen molar-refractivity contribution in [2.75, 3.05) is 25.5 Å². The minimum Gasteiger partial charge on any atom is -0.395 e. The number of anilines is 1. The summed E-state index contributed by atoms with van der Waals surface area (Å²) in [5.41, 5.74) is 5.82. The van der Waals surface area contributed by atoms with Gasteiger partial charge in [0.1, 0.15) is 6.33 Å². The van der Waals surface area contributed by atoms with Crippen molar-refractivity contribution in [3.05, 3.63) is 83.8 Å². The lowest BCUT2D eigenvalue weighted by atomic mass is 9.99. The van der Waals surface area contributed by atoms with Gasteiger partial charge in [0.15, 0.2) is 5.65 Å². The lowest BCUT2D eigenvalue weighted by Gasteiger charge is -2.16. The van der Waals surface area contributed by atoms with Gasteiger partial charge in [0, 0.05) is 25.0 Å². The number of aliphatic hydroxyl groups excluding tert-OH is 1. The van der Waals surface area contributed by atoms with Crippen LogP contribution in [0.5, 0.6) is 0 Å². The summed E-state index contributed by atoms with van der Waals surface area (Å²) in [5, 5.41) is 20.3. The number of hydrogen-bond acceptors (Lipinski definition) is 5. The van der Waals surface area contributed by atoms with Crippen LogP contribution in [0.15, 0.2) is 67.1 Å². The van der Waals surface area contributed by atoms with Gasteiger partial charge in [-0.25, -0.2) is 0 Å². The second-order valence-electron chi connectivity index (χ2n) is 7.58. The van der Waals surface area contributed by atoms with Crippen LogP contribution in [0.2, 0.25) is 0 Å². The Kier molecular flexibility index (Phi) is 6.06. The van der Waals surface area contributed by atoms with E-state index in [1.165, 1.54) is 0 Å². The quantitative estimate of drug-likeness (QED) is 0.484. The molecule has 0 fully saturated rings. The van der Waals surface area contributed by atoms with E-state index in [2.05, 4.69) is 33.7 Å². The van der Waals surface area contributed by atoms with Crippen LogP contribution >= 0.6 is 0 Å². The number of carbonyl (C=O) groups excluding carboxylic acids is 1. The highest BCUT2D eigenvalue weighted by atomic mass is 16.3. The van der Waals surface area contributed by atoms with Gasteiger partial charge in [-0.15, -0.1) is 10.2 Å². The van der Waals surface area contributed by atoms with Crippen molar-refractivity contribution in [2.45, 2.75) is 13.5 Å². The summed E-state index contributed by atoms with van der Waals surface area (Å²) in [6, 6.07) is 17.8. The topological polar surface area (TPSA) is 82.8 Å². The van der Waals surface area contributed by atoms with Crippen LogP contribution < -0.4 is 5.32 Å². The third-order valence-corrected chi connectivity index (χ3v) is 5.29. The molecule has 158 valence electrons. The fourth-order valence-electron chi connectivity index (χ4n) is 3.70. The zero-order chi connectivity index (χ0) is 21.8. The van der Waals surface area contributed by atoms with Gasteiger partial charge in [0.2, 0.25) is 0 Å². The van der Waals surface area contributed by atoms with Gasteiger partial charge < -0.3 is 10.4 Å². The molecule has 2 aromatic heterocycles. The Bertz CT molecular complexity index is 1200. The fraction of sp³-hybridized carbons (Fsp3) is 0.208. The Balaban J connectivity index is 1.65. The Labute approximate surface area is 181 Å². The van der Waals surface area contributed by atoms with E-state index in [0.717, 1.165) is 27.9 Å². The van der Waals surface area contributed by atoms with Gasteiger partial charge in [-0.05, 0) is 48.4 Å². The minimum atomic E-state index is -0.238. The van der Waals surface area contributed by atoms with Crippen LogP contribution in [0.1, 0.15) is 21.5 Å². The first kappa shape index (κ1) is 20.7. The SMILES string of the molecule is Cc1c(NC(=O)c2cc(CN(C)CCO)cn3cnnc23)cccc1-c1ccccc1. The molecule has 0 spiro atoms. The summed E-state index contributed by atoms with van der Waals surface area (Å²) in [5.74, 6) is -0.238. The molecule has 0 radical (unpaired) electrons. The van der Waals surface area contributed by atoms with Gasteiger partial charge in [0.25, 0.3) is 5.91 Å². The number of carbonyl (C=O) groups is 1. The number of aliphatic hydroxyl groups is 1. The molecule has 4 rings (SSSR count). The molecule has 7 heteroatoms. The van der Waals surface area contributed by atoms with E-state index in [0.29, 0.717) is 24.3 Å². The molecule has 0 atom stereocenters. The molecular weight excluding hydrogens is 390 g/mol. The number of likely N-dealkylation sites (N-methyl/N-ethyl adjacent to an activating group) is 1. The summed E-state index contributed by atoms with van der Waals surface area (Å²) in [7, 11) is 1.92. The Morgan fingerprint density at radius 3 is 2.74 bits per heavy atom. The fourth-order valence-corrected chi connectivity index (χ4v) is 3.70. The Morgan fingerprint density at radius 1 is 1.16 bits per heavy atom. The number of rotatable bonds is 7. The number of benzene rings is 2. The number of pyridine rings is 1. The van der Waals surface area contributed by atoms with Crippen molar-refractivity contribution in [1.82, 2.24) is 19.5 Å². The third-order valence-electron chi connectivity index (χ3n) is 5.29. The average molecular weight is 415 g/mol. The van der Waals surface area contributed by atoms with Crippen molar-refractivity contribution in [3.8, 4) is 11.1 Å². The molecule has 0 unspecified atom stereocenters. The van der Waals surface area contributed by atoms with Crippen molar-refractivity contribution in [2.24, 2.45) is 0 Å². The molecular formula is C24H25N5O2. The largest absolute Gasteiger partial charge is 0.395 e. The maximum atomic E-state index is 13.2. The number of nitrogens with one attached hydrogen (secondary N) is 1. The van der Waals surface area contributed by atoms with Gasteiger partial charge in [0.05, 0.1) is 12.2 Å². The first-order chi connectivity index (χ1) is 15.1. The maximum Gasteiger partial charge on any atom is 0.259 e. The lowest BCUT2D eigenvalue weighted by Crippen LogP contribution is -2.22. The van der Waals surface area contributed by atoms with Gasteiger partial charge >= 0.3 is 0 Å². The molecule has 7 nitrogen and oxygen atoms in total. The number of aromatic nitrogens is 3. The van der Waals surface area contributed by atoms with E-state index in [9.17, 15) is 4.79 Å². The molecule has 2 aromatic carbocycles. The predicted molar refractivity (Wildman–Crippen MR) is 121 cm³/mol. The first-order valence-electron chi connectivity index (χ1n) is 10.1. The van der Waals surface area contributed by atoms with Crippen molar-refractivity contribution < 1.29 is 9.90 Å². The van der Waals surface area contributed by atoms with Crippen LogP contribution in [0.25, 0.3) is 16.8 Å². The van der Waals surface area contributed by atoms with E-state index in [1.807, 2.05) is 61.5 Å². The summed E-state index contributed by atoms with van der Waals surface area (Å²) >= 11 is 0. The molecule has 31 heavy (non-hydrogen) atoms. The van der Waals surface area contributed by atoms with E-state index >= 15 is 0 Å². The maximum absolute atomic E-state index is 13.2. The highest BCUT2D eigenvalue weighted by molar-refractivity contribution is 6.09. The number of hydrogen-bond donors (Lipinski definition) is 2. The predicted octanol–water partition coefficient (Wildman–Crippen LogP) is 3.38. The monoisotopic (exact) mass is 415 g/mol. The van der Waals surface area contributed by atoms with E-state index in [-0.39, 0.29) is 12.5 Å². The van der Waals surface area contributed by atoms with Crippen molar-refractivity contribution >= 4 is 17.2 Å². The zero-order valence-electron chi connectivity index (χ0n) is 17.6. The molecule has 1 amide bonds. The summed E-state index contributed by atoms with van der Waals surface area (Å²) in [6.07, 6.45) is 3.49. The smallest absolute Gasteiger partial charge is 0.259 e. The summed E-state index contributed by atoms with van der Waals surface area (Å²) in [6.45, 7) is 3.23. The second-order valence-corrected chi connectivity index (χ2v) is 7.58. The van der Waals surface area contributed by atoms with E-state index in [1.54, 1.807) is 10.7 Å². The molecule has 2 heterocycles. The van der Waals surface area contributed by atoms with Crippen LogP contribution in [0, 0.1) is 6.92 Å². The average Bonchev–Trinajstić information content (AvgIpc) is 3.24. The molecule has 0 bridgehead atoms. The van der Waals surface area contributed by atoms with Crippen molar-refractivity contribution in [3.63, 3.8) is 0 Å². The van der Waals surface area contributed by atoms with Gasteiger partial charge in [-0.1, -0.05) is 42.5 Å². The number of fused-ring (bicyclic) bond motifs is 1. The molecule has 4 aromatic rings. The Hall–Kier alpha value is -3.55. The van der Waals surface area contributed by atoms with Crippen LogP contribution in [0.3, 0.4) is 0 Å². The Morgan fingerprint density at radius 2 is 1.97 bits per heavy atom. The van der Waals surface area contributed by atoms with Crippen LogP contribution in [-0.4, -0.2) is 50.7 Å². The normalized spacial score (nSPS) is 11.2. The van der Waals surface area contributed by atoms with Crippen molar-refractivity contribution in [1.29, 1.82) is 0 Å². The van der Waals surface area contributed by atoms with Gasteiger partial charge in [-0.3, -0.25) is 14.1 Å². The molecule has 0 aliphatic carbocycles. The molecule has 0 aliphatic rings. The van der Waals surface area contributed by atoms with Crippen LogP contribution in [0.4, 0.5) is 5.69 Å². The molecule has 0 saturated carbocycles. The minimum absolute atomic E-state index is 0.0791. The van der Waals surface area contributed by atoms with E-state index < -0.39 is 0 Å². The second kappa shape index (κ2) is 9.07. The van der Waals surface area contributed by atoms with Gasteiger partial charge in [-0.2, -0.15) is 0 Å². The summed E-state index contributed by atoms with van der Waals surface area (Å²) < 4.78 is 1.75. The molecule has 0 aliphatic heterocycles. The summed E-state index contributed by atoms with van der Waals surface area (Å²) in [4.78, 5) is 15.2. The highest BCUT2D eigenvalue weighted by Gasteiger charge is 2.17. The van der Waals surface area contributed by atoms with E-state index in [4.69, 9.17) is 5.11 Å². The standard InChI is InChI=1S/C24H25N5O2/c1-17-20(19-7-4-3-5-8-19)9-6-10-22(17)26-24(31)21-13-18(14-28(2)11-12-30)15-29-16-25-27-23(21)29/h3-10,13,15-16,30H,11-12,14H2,1-2H3,(H,26,31). The first-order valence-corrected chi connectivity index (χ1v) is 10.1. The lowest BCUT2D eigenvalue weighted by molar-refractivity contribution is 0.102.